The van der Waals surface area contributed by atoms with Gasteiger partial charge >= 0.3 is 0 Å². The highest BCUT2D eigenvalue weighted by Crippen LogP contribution is 2.30. The van der Waals surface area contributed by atoms with E-state index in [0.717, 1.165) is 36.6 Å². The van der Waals surface area contributed by atoms with Crippen LogP contribution in [0.5, 0.6) is 0 Å². The van der Waals surface area contributed by atoms with E-state index in [1.165, 1.54) is 22.0 Å². The largest absolute Gasteiger partial charge is 0.369 e. The molecular weight excluding hydrogens is 396 g/mol. The lowest BCUT2D eigenvalue weighted by Crippen LogP contribution is -2.47. The third-order valence-corrected chi connectivity index (χ3v) is 6.55. The van der Waals surface area contributed by atoms with Gasteiger partial charge in [0.15, 0.2) is 0 Å². The minimum atomic E-state index is 0.451. The summed E-state index contributed by atoms with van der Waals surface area (Å²) in [5.41, 5.74) is 4.38. The molecule has 1 atom stereocenters. The van der Waals surface area contributed by atoms with E-state index in [1.54, 1.807) is 0 Å². The summed E-state index contributed by atoms with van der Waals surface area (Å²) in [6.07, 6.45) is 0. The SMILES string of the molecule is C=C(c1ccccc1)N1CCN(Sc2ccc(-c3csnn3)cc2)C(C)C1.CC. The van der Waals surface area contributed by atoms with E-state index < -0.39 is 0 Å². The van der Waals surface area contributed by atoms with Crippen molar-refractivity contribution >= 4 is 29.2 Å². The van der Waals surface area contributed by atoms with Crippen LogP contribution < -0.4 is 0 Å². The van der Waals surface area contributed by atoms with Crippen molar-refractivity contribution in [3.05, 3.63) is 72.1 Å². The van der Waals surface area contributed by atoms with E-state index in [4.69, 9.17) is 0 Å². The summed E-state index contributed by atoms with van der Waals surface area (Å²) in [4.78, 5) is 3.65. The standard InChI is InChI=1S/C21H22N4S2.C2H6/c1-16-14-24(17(2)18-6-4-3-5-7-18)12-13-25(16)27-20-10-8-19(9-11-20)21-15-26-23-22-21;1-2/h3-11,15-16H,2,12-14H2,1H3;1-2H3. The van der Waals surface area contributed by atoms with Crippen LogP contribution >= 0.6 is 23.5 Å². The molecule has 1 fully saturated rings. The molecule has 4 rings (SSSR count). The molecule has 0 saturated carbocycles. The van der Waals surface area contributed by atoms with Crippen molar-refractivity contribution < 1.29 is 0 Å². The molecule has 152 valence electrons. The molecule has 0 aliphatic carbocycles. The Kier molecular flexibility index (Phi) is 7.86. The van der Waals surface area contributed by atoms with Crippen molar-refractivity contribution in [3.8, 4) is 11.3 Å². The second kappa shape index (κ2) is 10.6. The molecule has 1 aromatic heterocycles. The molecule has 6 heteroatoms. The fourth-order valence-electron chi connectivity index (χ4n) is 3.25. The highest BCUT2D eigenvalue weighted by molar-refractivity contribution is 7.97. The second-order valence-corrected chi connectivity index (χ2v) is 8.39. The number of benzene rings is 2. The van der Waals surface area contributed by atoms with Crippen molar-refractivity contribution in [3.63, 3.8) is 0 Å². The molecular formula is C23H28N4S2. The maximum Gasteiger partial charge on any atom is 0.105 e. The van der Waals surface area contributed by atoms with Gasteiger partial charge < -0.3 is 4.90 Å². The van der Waals surface area contributed by atoms with Gasteiger partial charge in [-0.15, -0.1) is 5.10 Å². The maximum atomic E-state index is 4.32. The Morgan fingerprint density at radius 3 is 2.41 bits per heavy atom. The summed E-state index contributed by atoms with van der Waals surface area (Å²) in [5.74, 6) is 0. The first-order chi connectivity index (χ1) is 14.2. The number of nitrogens with zero attached hydrogens (tertiary/aromatic N) is 4. The lowest BCUT2D eigenvalue weighted by Gasteiger charge is -2.41. The molecule has 1 saturated heterocycles. The van der Waals surface area contributed by atoms with Crippen LogP contribution in [0.25, 0.3) is 17.0 Å². The van der Waals surface area contributed by atoms with Gasteiger partial charge in [0.25, 0.3) is 0 Å². The second-order valence-electron chi connectivity index (χ2n) is 6.65. The Labute approximate surface area is 182 Å². The van der Waals surface area contributed by atoms with Crippen molar-refractivity contribution in [2.45, 2.75) is 31.7 Å². The van der Waals surface area contributed by atoms with Gasteiger partial charge in [0.1, 0.15) is 5.69 Å². The zero-order chi connectivity index (χ0) is 20.6. The Balaban J connectivity index is 0.00000117. The molecule has 3 aromatic rings. The minimum absolute atomic E-state index is 0.451. The van der Waals surface area contributed by atoms with Crippen LogP contribution in [-0.4, -0.2) is 44.5 Å². The average molecular weight is 425 g/mol. The molecule has 0 bridgehead atoms. The van der Waals surface area contributed by atoms with Gasteiger partial charge in [0.05, 0.1) is 0 Å². The Hall–Kier alpha value is -2.15. The fourth-order valence-corrected chi connectivity index (χ4v) is 4.66. The van der Waals surface area contributed by atoms with Gasteiger partial charge in [-0.05, 0) is 48.1 Å². The molecule has 0 N–H and O–H groups in total. The van der Waals surface area contributed by atoms with Gasteiger partial charge in [-0.25, -0.2) is 4.31 Å². The van der Waals surface area contributed by atoms with Crippen LogP contribution in [0.15, 0.2) is 71.5 Å². The van der Waals surface area contributed by atoms with Gasteiger partial charge in [0.2, 0.25) is 0 Å². The molecule has 2 heterocycles. The van der Waals surface area contributed by atoms with Gasteiger partial charge in [0, 0.05) is 47.2 Å². The fraction of sp³-hybridized carbons (Fsp3) is 0.304. The highest BCUT2D eigenvalue weighted by Gasteiger charge is 2.25. The van der Waals surface area contributed by atoms with E-state index in [-0.39, 0.29) is 0 Å². The zero-order valence-corrected chi connectivity index (χ0v) is 18.9. The van der Waals surface area contributed by atoms with Crippen LogP contribution in [0.4, 0.5) is 0 Å². The van der Waals surface area contributed by atoms with Crippen LogP contribution in [0.2, 0.25) is 0 Å². The quantitative estimate of drug-likeness (QED) is 0.475. The predicted molar refractivity (Wildman–Crippen MR) is 126 cm³/mol. The number of rotatable bonds is 5. The van der Waals surface area contributed by atoms with E-state index in [0.29, 0.717) is 6.04 Å². The lowest BCUT2D eigenvalue weighted by atomic mass is 10.1. The zero-order valence-electron chi connectivity index (χ0n) is 17.3. The number of piperazine rings is 1. The van der Waals surface area contributed by atoms with Crippen LogP contribution in [0.1, 0.15) is 26.3 Å². The van der Waals surface area contributed by atoms with Crippen LogP contribution in [0, 0.1) is 0 Å². The monoisotopic (exact) mass is 424 g/mol. The third kappa shape index (κ3) is 5.47. The minimum Gasteiger partial charge on any atom is -0.369 e. The topological polar surface area (TPSA) is 32.3 Å². The Morgan fingerprint density at radius 2 is 1.79 bits per heavy atom. The molecule has 0 radical (unpaired) electrons. The molecule has 0 spiro atoms. The number of hydrogen-bond acceptors (Lipinski definition) is 6. The van der Waals surface area contributed by atoms with Crippen molar-refractivity contribution in [1.29, 1.82) is 0 Å². The summed E-state index contributed by atoms with van der Waals surface area (Å²) < 4.78 is 6.40. The first-order valence-corrected chi connectivity index (χ1v) is 11.6. The summed E-state index contributed by atoms with van der Waals surface area (Å²) >= 11 is 3.21. The Morgan fingerprint density at radius 1 is 1.07 bits per heavy atom. The predicted octanol–water partition coefficient (Wildman–Crippen LogP) is 5.92. The van der Waals surface area contributed by atoms with E-state index in [2.05, 4.69) is 80.8 Å². The number of aromatic nitrogens is 2. The summed E-state index contributed by atoms with van der Waals surface area (Å²) in [7, 11) is 0. The average Bonchev–Trinajstić information content (AvgIpc) is 3.32. The normalized spacial score (nSPS) is 16.8. The van der Waals surface area contributed by atoms with Gasteiger partial charge in [-0.3, -0.25) is 0 Å². The van der Waals surface area contributed by atoms with Crippen molar-refractivity contribution in [2.24, 2.45) is 0 Å². The van der Waals surface area contributed by atoms with Gasteiger partial charge in [-0.1, -0.05) is 67.4 Å². The van der Waals surface area contributed by atoms with E-state index in [9.17, 15) is 0 Å². The van der Waals surface area contributed by atoms with Gasteiger partial charge in [-0.2, -0.15) is 0 Å². The highest BCUT2D eigenvalue weighted by atomic mass is 32.2. The maximum absolute atomic E-state index is 4.32. The molecule has 29 heavy (non-hydrogen) atoms. The summed E-state index contributed by atoms with van der Waals surface area (Å²) in [6.45, 7) is 13.6. The molecule has 1 unspecified atom stereocenters. The smallest absolute Gasteiger partial charge is 0.105 e. The first kappa shape index (κ1) is 21.6. The van der Waals surface area contributed by atoms with Crippen molar-refractivity contribution in [2.75, 3.05) is 19.6 Å². The van der Waals surface area contributed by atoms with E-state index >= 15 is 0 Å². The first-order valence-electron chi connectivity index (χ1n) is 10.0. The van der Waals surface area contributed by atoms with Crippen molar-refractivity contribution in [1.82, 2.24) is 18.8 Å². The lowest BCUT2D eigenvalue weighted by molar-refractivity contribution is 0.210. The molecule has 1 aliphatic heterocycles. The van der Waals surface area contributed by atoms with E-state index in [1.807, 2.05) is 37.2 Å². The Bertz CT molecular complexity index is 879. The van der Waals surface area contributed by atoms with Crippen LogP contribution in [-0.2, 0) is 0 Å². The number of hydrogen-bond donors (Lipinski definition) is 0. The molecule has 2 aromatic carbocycles. The summed E-state index contributed by atoms with van der Waals surface area (Å²) in [6, 6.07) is 19.5. The third-order valence-electron chi connectivity index (χ3n) is 4.79. The van der Waals surface area contributed by atoms with Crippen LogP contribution in [0.3, 0.4) is 0 Å². The summed E-state index contributed by atoms with van der Waals surface area (Å²) in [5, 5.41) is 6.11. The molecule has 1 aliphatic rings. The molecule has 4 nitrogen and oxygen atoms in total. The molecule has 0 amide bonds.